The van der Waals surface area contributed by atoms with Crippen LogP contribution in [-0.4, -0.2) is 56.9 Å². The van der Waals surface area contributed by atoms with Gasteiger partial charge in [-0.1, -0.05) is 98.1 Å². The van der Waals surface area contributed by atoms with Gasteiger partial charge in [-0.25, -0.2) is 9.59 Å². The Morgan fingerprint density at radius 3 is 1.18 bits per heavy atom. The molecule has 0 N–H and O–H groups in total. The number of ether oxygens (including phenoxy) is 6. The number of aryl methyl sites for hydroxylation is 1. The fraction of sp³-hybridized carbons (Fsp3) is 0.449. The lowest BCUT2D eigenvalue weighted by Crippen LogP contribution is -2.16. The molecule has 0 atom stereocenters. The van der Waals surface area contributed by atoms with Gasteiger partial charge in [0.25, 0.3) is 0 Å². The first kappa shape index (κ1) is 59.7. The van der Waals surface area contributed by atoms with Crippen molar-refractivity contribution in [1.82, 2.24) is 0 Å². The van der Waals surface area contributed by atoms with Gasteiger partial charge in [-0.3, -0.25) is 9.59 Å². The fourth-order valence-electron chi connectivity index (χ4n) is 11.0. The number of esters is 4. The summed E-state index contributed by atoms with van der Waals surface area (Å²) in [6, 6.07) is 42.3. The minimum Gasteiger partial charge on any atom is -0.494 e. The van der Waals surface area contributed by atoms with Gasteiger partial charge >= 0.3 is 23.9 Å². The lowest BCUT2D eigenvalue weighted by atomic mass is 9.77. The minimum atomic E-state index is -0.366. The monoisotopic (exact) mass is 1070 g/mol. The molecule has 10 nitrogen and oxygen atoms in total. The fourth-order valence-corrected chi connectivity index (χ4v) is 11.0. The molecule has 0 aliphatic heterocycles. The molecule has 0 saturated heterocycles. The van der Waals surface area contributed by atoms with Crippen molar-refractivity contribution in [3.05, 3.63) is 163 Å². The first-order valence-electron chi connectivity index (χ1n) is 29.4. The molecule has 2 aliphatic carbocycles. The van der Waals surface area contributed by atoms with Crippen LogP contribution in [-0.2, 0) is 39.8 Å². The zero-order chi connectivity index (χ0) is 55.3. The third kappa shape index (κ3) is 21.3. The number of carbonyl (C=O) groups is 4. The van der Waals surface area contributed by atoms with Gasteiger partial charge in [-0.05, 0) is 227 Å². The highest BCUT2D eigenvalue weighted by Crippen LogP contribution is 2.40. The molecule has 7 rings (SSSR count). The number of benzene rings is 5. The normalized spacial score (nSPS) is 17.0. The predicted octanol–water partition coefficient (Wildman–Crippen LogP) is 16.2. The molecular weight excluding hydrogens is 989 g/mol. The van der Waals surface area contributed by atoms with Crippen molar-refractivity contribution in [2.24, 2.45) is 11.8 Å². The van der Waals surface area contributed by atoms with Crippen molar-refractivity contribution >= 4 is 23.9 Å². The number of hydrogen-bond donors (Lipinski definition) is 0. The quantitative estimate of drug-likeness (QED) is 0.0132. The van der Waals surface area contributed by atoms with Gasteiger partial charge in [-0.15, -0.1) is 0 Å². The van der Waals surface area contributed by atoms with Gasteiger partial charge in [-0.2, -0.15) is 0 Å². The smallest absolute Gasteiger partial charge is 0.330 e. The van der Waals surface area contributed by atoms with E-state index in [0.29, 0.717) is 75.3 Å². The standard InChI is InChI=1S/C69H84O10/c1-3-66(70)76-49-11-7-5-9-47-74-63-41-35-61(36-42-63)59-31-27-57(28-32-59)55-23-15-53(16-24-55)21-45-68(72)78-51-13-14-52-19-39-65(40-20-52)79-69(73)46-22-54-17-25-56(26-18-54)58-29-33-60(34-30-58)62-37-43-64(44-38-62)75-48-10-6-8-12-50-77-67(71)4-2/h3-4,19-20,27-44,53-56H,1-2,5-18,21-26,45-51H2/t53-,54-,55-,56-. The van der Waals surface area contributed by atoms with Crippen LogP contribution in [0.15, 0.2) is 147 Å². The van der Waals surface area contributed by atoms with Gasteiger partial charge < -0.3 is 28.4 Å². The van der Waals surface area contributed by atoms with E-state index in [4.69, 9.17) is 28.4 Å². The van der Waals surface area contributed by atoms with Crippen molar-refractivity contribution in [3.63, 3.8) is 0 Å². The molecule has 2 fully saturated rings. The highest BCUT2D eigenvalue weighted by atomic mass is 16.5. The summed E-state index contributed by atoms with van der Waals surface area (Å²) in [5.41, 5.74) is 8.63. The summed E-state index contributed by atoms with van der Waals surface area (Å²) in [5.74, 6) is 3.49. The van der Waals surface area contributed by atoms with Crippen molar-refractivity contribution in [2.75, 3.05) is 33.0 Å². The summed E-state index contributed by atoms with van der Waals surface area (Å²) in [7, 11) is 0. The maximum Gasteiger partial charge on any atom is 0.330 e. The summed E-state index contributed by atoms with van der Waals surface area (Å²) in [4.78, 5) is 47.7. The molecule has 5 aromatic rings. The zero-order valence-electron chi connectivity index (χ0n) is 46.6. The van der Waals surface area contributed by atoms with E-state index < -0.39 is 0 Å². The summed E-state index contributed by atoms with van der Waals surface area (Å²) < 4.78 is 33.3. The van der Waals surface area contributed by atoms with Crippen molar-refractivity contribution in [2.45, 2.75) is 153 Å². The molecule has 420 valence electrons. The van der Waals surface area contributed by atoms with E-state index in [9.17, 15) is 19.2 Å². The maximum absolute atomic E-state index is 12.8. The molecule has 0 radical (unpaired) electrons. The van der Waals surface area contributed by atoms with Gasteiger partial charge in [0.2, 0.25) is 0 Å². The van der Waals surface area contributed by atoms with Gasteiger partial charge in [0.05, 0.1) is 33.0 Å². The topological polar surface area (TPSA) is 124 Å². The van der Waals surface area contributed by atoms with Crippen LogP contribution in [0.4, 0.5) is 0 Å². The molecule has 5 aromatic carbocycles. The average molecular weight is 1070 g/mol. The van der Waals surface area contributed by atoms with E-state index in [1.165, 1.54) is 45.5 Å². The Morgan fingerprint density at radius 2 is 0.759 bits per heavy atom. The Balaban J connectivity index is 0.683. The van der Waals surface area contributed by atoms with E-state index in [1.807, 2.05) is 48.5 Å². The summed E-state index contributed by atoms with van der Waals surface area (Å²) in [6.07, 6.45) is 23.3. The zero-order valence-corrected chi connectivity index (χ0v) is 46.6. The van der Waals surface area contributed by atoms with Crippen LogP contribution in [0.2, 0.25) is 0 Å². The molecule has 0 aromatic heterocycles. The van der Waals surface area contributed by atoms with E-state index in [1.54, 1.807) is 0 Å². The Bertz CT molecular complexity index is 2600. The second-order valence-electron chi connectivity index (χ2n) is 21.5. The maximum atomic E-state index is 12.8. The molecule has 2 saturated carbocycles. The molecule has 0 spiro atoms. The van der Waals surface area contributed by atoms with E-state index >= 15 is 0 Å². The molecule has 0 amide bonds. The SMILES string of the molecule is C=CC(=O)OCCCCCCOc1ccc(-c2ccc([C@H]3CC[C@H](CCC(=O)OCCCc4ccc(OC(=O)CC[C@H]5CC[C@H](c6ccc(-c7ccc(OCCCCCCOC(=O)C=C)cc7)cc6)CC5)cc4)CC3)cc2)cc1. The third-order valence-corrected chi connectivity index (χ3v) is 15.8. The molecule has 10 heteroatoms. The lowest BCUT2D eigenvalue weighted by molar-refractivity contribution is -0.144. The van der Waals surface area contributed by atoms with Crippen LogP contribution < -0.4 is 14.2 Å². The third-order valence-electron chi connectivity index (χ3n) is 15.8. The second-order valence-corrected chi connectivity index (χ2v) is 21.5. The minimum absolute atomic E-state index is 0.107. The van der Waals surface area contributed by atoms with Crippen molar-refractivity contribution in [3.8, 4) is 39.5 Å². The predicted molar refractivity (Wildman–Crippen MR) is 313 cm³/mol. The van der Waals surface area contributed by atoms with Gasteiger partial charge in [0, 0.05) is 25.0 Å². The van der Waals surface area contributed by atoms with Gasteiger partial charge in [0.1, 0.15) is 17.2 Å². The number of unbranched alkanes of at least 4 members (excludes halogenated alkanes) is 6. The summed E-state index contributed by atoms with van der Waals surface area (Å²) >= 11 is 0. The van der Waals surface area contributed by atoms with Crippen LogP contribution in [0.3, 0.4) is 0 Å². The van der Waals surface area contributed by atoms with Crippen molar-refractivity contribution in [1.29, 1.82) is 0 Å². The Hall–Kier alpha value is -6.94. The van der Waals surface area contributed by atoms with E-state index in [-0.39, 0.29) is 23.9 Å². The summed E-state index contributed by atoms with van der Waals surface area (Å²) in [6.45, 7) is 9.42. The van der Waals surface area contributed by atoms with Gasteiger partial charge in [0.15, 0.2) is 0 Å². The molecule has 2 aliphatic rings. The number of carbonyl (C=O) groups excluding carboxylic acids is 4. The number of hydrogen-bond acceptors (Lipinski definition) is 10. The number of rotatable bonds is 33. The van der Waals surface area contributed by atoms with Crippen LogP contribution in [0.25, 0.3) is 22.3 Å². The Labute approximate surface area is 470 Å². The molecular formula is C69H84O10. The molecule has 0 bridgehead atoms. The summed E-state index contributed by atoms with van der Waals surface area (Å²) in [5, 5.41) is 0. The lowest BCUT2D eigenvalue weighted by Gasteiger charge is -2.28. The van der Waals surface area contributed by atoms with Crippen LogP contribution >= 0.6 is 0 Å². The Kier molecular flexibility index (Phi) is 25.3. The van der Waals surface area contributed by atoms with Crippen LogP contribution in [0, 0.1) is 11.8 Å². The highest BCUT2D eigenvalue weighted by Gasteiger charge is 2.25. The highest BCUT2D eigenvalue weighted by molar-refractivity contribution is 5.81. The molecule has 0 heterocycles. The van der Waals surface area contributed by atoms with Crippen LogP contribution in [0.1, 0.15) is 163 Å². The first-order valence-corrected chi connectivity index (χ1v) is 29.4. The molecule has 79 heavy (non-hydrogen) atoms. The Morgan fingerprint density at radius 1 is 0.392 bits per heavy atom. The van der Waals surface area contributed by atoms with Crippen LogP contribution in [0.5, 0.6) is 17.2 Å². The van der Waals surface area contributed by atoms with Crippen molar-refractivity contribution < 1.29 is 47.6 Å². The largest absolute Gasteiger partial charge is 0.494 e. The second kappa shape index (κ2) is 33.5. The van der Waals surface area contributed by atoms with E-state index in [0.717, 1.165) is 145 Å². The molecule has 0 unspecified atom stereocenters. The average Bonchev–Trinajstić information content (AvgIpc) is 3.49. The van der Waals surface area contributed by atoms with E-state index in [2.05, 4.69) is 86.0 Å². The first-order chi connectivity index (χ1) is 38.7.